The van der Waals surface area contributed by atoms with Crippen LogP contribution in [0.2, 0.25) is 0 Å². The van der Waals surface area contributed by atoms with Gasteiger partial charge in [0.05, 0.1) is 22.9 Å². The largest absolute Gasteiger partial charge is 0.478 e. The molecular formula is C14H18N2O2. The molecule has 1 atom stereocenters. The third-order valence-corrected chi connectivity index (χ3v) is 3.27. The lowest BCUT2D eigenvalue weighted by molar-refractivity contribution is 0.0698. The van der Waals surface area contributed by atoms with Gasteiger partial charge in [-0.15, -0.1) is 0 Å². The first-order chi connectivity index (χ1) is 8.65. The predicted octanol–water partition coefficient (Wildman–Crippen LogP) is 3.49. The van der Waals surface area contributed by atoms with E-state index in [1.165, 1.54) is 0 Å². The van der Waals surface area contributed by atoms with Crippen LogP contribution in [-0.2, 0) is 0 Å². The lowest BCUT2D eigenvalue weighted by atomic mass is 10.1. The van der Waals surface area contributed by atoms with Crippen molar-refractivity contribution >= 4 is 17.0 Å². The third kappa shape index (κ3) is 2.23. The third-order valence-electron chi connectivity index (χ3n) is 3.27. The number of benzene rings is 1. The molecule has 0 bridgehead atoms. The van der Waals surface area contributed by atoms with Gasteiger partial charge in [0.15, 0.2) is 0 Å². The summed E-state index contributed by atoms with van der Waals surface area (Å²) in [5.41, 5.74) is 1.81. The number of unbranched alkanes of at least 4 members (excludes halogenated alkanes) is 1. The van der Waals surface area contributed by atoms with Gasteiger partial charge in [0.2, 0.25) is 0 Å². The molecule has 1 N–H and O–H groups in total. The van der Waals surface area contributed by atoms with Gasteiger partial charge in [0.1, 0.15) is 0 Å². The Balaban J connectivity index is 2.48. The minimum Gasteiger partial charge on any atom is -0.478 e. The minimum absolute atomic E-state index is 0.274. The van der Waals surface area contributed by atoms with Crippen LogP contribution in [0, 0.1) is 0 Å². The summed E-state index contributed by atoms with van der Waals surface area (Å²) in [5, 5.41) is 9.24. The molecule has 0 spiro atoms. The maximum Gasteiger partial charge on any atom is 0.337 e. The van der Waals surface area contributed by atoms with Gasteiger partial charge in [0, 0.05) is 6.04 Å². The van der Waals surface area contributed by atoms with Crippen LogP contribution in [0.25, 0.3) is 11.0 Å². The molecule has 2 aromatic rings. The quantitative estimate of drug-likeness (QED) is 0.878. The summed E-state index contributed by atoms with van der Waals surface area (Å²) in [6, 6.07) is 5.50. The maximum absolute atomic E-state index is 11.3. The Hall–Kier alpha value is -1.84. The number of imidazole rings is 1. The Kier molecular flexibility index (Phi) is 3.65. The van der Waals surface area contributed by atoms with E-state index in [2.05, 4.69) is 18.8 Å². The number of carboxylic acids is 1. The maximum atomic E-state index is 11.3. The number of aromatic carboxylic acids is 1. The summed E-state index contributed by atoms with van der Waals surface area (Å²) < 4.78 is 1.98. The molecular weight excluding hydrogens is 228 g/mol. The van der Waals surface area contributed by atoms with Crippen LogP contribution < -0.4 is 0 Å². The van der Waals surface area contributed by atoms with Crippen molar-refractivity contribution in [2.45, 2.75) is 39.2 Å². The second kappa shape index (κ2) is 5.21. The fraction of sp³-hybridized carbons (Fsp3) is 0.429. The number of hydrogen-bond acceptors (Lipinski definition) is 2. The van der Waals surface area contributed by atoms with E-state index in [1.807, 2.05) is 10.6 Å². The number of fused-ring (bicyclic) bond motifs is 1. The number of carboxylic acid groups (broad SMARTS) is 1. The fourth-order valence-electron chi connectivity index (χ4n) is 2.23. The normalized spacial score (nSPS) is 12.8. The Morgan fingerprint density at radius 3 is 2.94 bits per heavy atom. The van der Waals surface area contributed by atoms with Crippen LogP contribution in [0.3, 0.4) is 0 Å². The van der Waals surface area contributed by atoms with Crippen LogP contribution in [0.4, 0.5) is 0 Å². The molecule has 96 valence electrons. The molecule has 0 saturated heterocycles. The molecule has 0 aliphatic carbocycles. The molecule has 4 heteroatoms. The zero-order valence-electron chi connectivity index (χ0n) is 10.8. The average Bonchev–Trinajstić information content (AvgIpc) is 2.79. The summed E-state index contributed by atoms with van der Waals surface area (Å²) in [6.07, 6.45) is 5.06. The van der Waals surface area contributed by atoms with Gasteiger partial charge in [-0.05, 0) is 25.5 Å². The van der Waals surface area contributed by atoms with E-state index in [0.29, 0.717) is 5.56 Å². The average molecular weight is 246 g/mol. The molecule has 0 fully saturated rings. The molecule has 0 amide bonds. The Labute approximate surface area is 106 Å². The number of carbonyl (C=O) groups is 1. The summed E-state index contributed by atoms with van der Waals surface area (Å²) in [7, 11) is 0. The smallest absolute Gasteiger partial charge is 0.337 e. The molecule has 0 radical (unpaired) electrons. The number of rotatable bonds is 5. The molecule has 1 aromatic carbocycles. The van der Waals surface area contributed by atoms with E-state index in [-0.39, 0.29) is 6.04 Å². The van der Waals surface area contributed by atoms with E-state index < -0.39 is 5.97 Å². The van der Waals surface area contributed by atoms with Gasteiger partial charge in [-0.3, -0.25) is 0 Å². The lowest BCUT2D eigenvalue weighted by Crippen LogP contribution is -2.07. The van der Waals surface area contributed by atoms with E-state index in [9.17, 15) is 9.90 Å². The van der Waals surface area contributed by atoms with Crippen LogP contribution in [0.1, 0.15) is 49.5 Å². The van der Waals surface area contributed by atoms with E-state index in [1.54, 1.807) is 18.5 Å². The lowest BCUT2D eigenvalue weighted by Gasteiger charge is -2.14. The molecule has 1 aromatic heterocycles. The van der Waals surface area contributed by atoms with E-state index >= 15 is 0 Å². The van der Waals surface area contributed by atoms with Gasteiger partial charge in [-0.2, -0.15) is 0 Å². The van der Waals surface area contributed by atoms with Crippen LogP contribution >= 0.6 is 0 Å². The first-order valence-corrected chi connectivity index (χ1v) is 6.34. The van der Waals surface area contributed by atoms with Crippen molar-refractivity contribution < 1.29 is 9.90 Å². The van der Waals surface area contributed by atoms with Crippen LogP contribution in [-0.4, -0.2) is 20.6 Å². The topological polar surface area (TPSA) is 55.1 Å². The highest BCUT2D eigenvalue weighted by Gasteiger charge is 2.15. The molecule has 1 unspecified atom stereocenters. The predicted molar refractivity (Wildman–Crippen MR) is 70.9 cm³/mol. The molecule has 0 aliphatic rings. The highest BCUT2D eigenvalue weighted by Crippen LogP contribution is 2.24. The van der Waals surface area contributed by atoms with Gasteiger partial charge < -0.3 is 9.67 Å². The van der Waals surface area contributed by atoms with Crippen molar-refractivity contribution in [2.75, 3.05) is 0 Å². The van der Waals surface area contributed by atoms with E-state index in [4.69, 9.17) is 0 Å². The second-order valence-corrected chi connectivity index (χ2v) is 4.62. The SMILES string of the molecule is CCCCC(C)n1cnc2cccc(C(=O)O)c21. The number of hydrogen-bond donors (Lipinski definition) is 1. The Morgan fingerprint density at radius 2 is 2.28 bits per heavy atom. The van der Waals surface area contributed by atoms with Crippen molar-refractivity contribution in [1.82, 2.24) is 9.55 Å². The monoisotopic (exact) mass is 246 g/mol. The van der Waals surface area contributed by atoms with Gasteiger partial charge in [0.25, 0.3) is 0 Å². The van der Waals surface area contributed by atoms with E-state index in [0.717, 1.165) is 30.3 Å². The number of para-hydroxylation sites is 1. The summed E-state index contributed by atoms with van der Waals surface area (Å²) in [4.78, 5) is 15.6. The van der Waals surface area contributed by atoms with Gasteiger partial charge in [-0.1, -0.05) is 25.8 Å². The van der Waals surface area contributed by atoms with Crippen molar-refractivity contribution in [1.29, 1.82) is 0 Å². The number of nitrogens with zero attached hydrogens (tertiary/aromatic N) is 2. The molecule has 1 heterocycles. The summed E-state index contributed by atoms with van der Waals surface area (Å²) >= 11 is 0. The highest BCUT2D eigenvalue weighted by atomic mass is 16.4. The highest BCUT2D eigenvalue weighted by molar-refractivity contribution is 6.01. The second-order valence-electron chi connectivity index (χ2n) is 4.62. The van der Waals surface area contributed by atoms with Crippen molar-refractivity contribution in [2.24, 2.45) is 0 Å². The first kappa shape index (κ1) is 12.6. The number of aromatic nitrogens is 2. The standard InChI is InChI=1S/C14H18N2O2/c1-3-4-6-10(2)16-9-15-12-8-5-7-11(13(12)16)14(17)18/h5,7-10H,3-4,6H2,1-2H3,(H,17,18). The molecule has 2 rings (SSSR count). The van der Waals surface area contributed by atoms with Crippen molar-refractivity contribution in [3.63, 3.8) is 0 Å². The molecule has 4 nitrogen and oxygen atoms in total. The zero-order valence-corrected chi connectivity index (χ0v) is 10.8. The summed E-state index contributed by atoms with van der Waals surface area (Å²) in [5.74, 6) is -0.898. The first-order valence-electron chi connectivity index (χ1n) is 6.34. The Bertz CT molecular complexity index is 560. The van der Waals surface area contributed by atoms with Crippen LogP contribution in [0.5, 0.6) is 0 Å². The minimum atomic E-state index is -0.898. The summed E-state index contributed by atoms with van der Waals surface area (Å²) in [6.45, 7) is 4.26. The van der Waals surface area contributed by atoms with Crippen molar-refractivity contribution in [3.8, 4) is 0 Å². The molecule has 0 saturated carbocycles. The Morgan fingerprint density at radius 1 is 1.50 bits per heavy atom. The van der Waals surface area contributed by atoms with Gasteiger partial charge in [-0.25, -0.2) is 9.78 Å². The zero-order chi connectivity index (χ0) is 13.1. The molecule has 0 aliphatic heterocycles. The fourth-order valence-corrected chi connectivity index (χ4v) is 2.23. The van der Waals surface area contributed by atoms with Crippen molar-refractivity contribution in [3.05, 3.63) is 30.1 Å². The molecule has 18 heavy (non-hydrogen) atoms. The van der Waals surface area contributed by atoms with Crippen LogP contribution in [0.15, 0.2) is 24.5 Å². The van der Waals surface area contributed by atoms with Gasteiger partial charge >= 0.3 is 5.97 Å².